The maximum atomic E-state index is 13.2. The number of hydrogen-bond donors (Lipinski definition) is 1. The maximum Gasteiger partial charge on any atom is 0.253 e. The summed E-state index contributed by atoms with van der Waals surface area (Å²) in [4.78, 5) is 28.8. The number of nitrogens with zero attached hydrogens (tertiary/aromatic N) is 1. The van der Waals surface area contributed by atoms with Gasteiger partial charge in [-0.3, -0.25) is 9.59 Å². The molecule has 1 fully saturated rings. The average Bonchev–Trinajstić information content (AvgIpc) is 3.37. The van der Waals surface area contributed by atoms with Crippen LogP contribution in [0.2, 0.25) is 0 Å². The molecule has 2 heterocycles. The van der Waals surface area contributed by atoms with E-state index >= 15 is 0 Å². The van der Waals surface area contributed by atoms with Crippen molar-refractivity contribution in [2.75, 3.05) is 13.1 Å². The van der Waals surface area contributed by atoms with Gasteiger partial charge >= 0.3 is 0 Å². The summed E-state index contributed by atoms with van der Waals surface area (Å²) in [5, 5.41) is 5.30. The number of piperidine rings is 1. The van der Waals surface area contributed by atoms with Gasteiger partial charge in [0.05, 0.1) is 6.04 Å². The molecule has 1 unspecified atom stereocenters. The van der Waals surface area contributed by atoms with Crippen molar-refractivity contribution in [1.82, 2.24) is 10.2 Å². The predicted molar refractivity (Wildman–Crippen MR) is 134 cm³/mol. The summed E-state index contributed by atoms with van der Waals surface area (Å²) in [5.41, 5.74) is 2.85. The molecule has 0 aliphatic carbocycles. The number of rotatable bonds is 7. The fourth-order valence-corrected chi connectivity index (χ4v) is 5.27. The average molecular weight is 479 g/mol. The second-order valence-electron chi connectivity index (χ2n) is 9.37. The highest BCUT2D eigenvalue weighted by Gasteiger charge is 2.30. The van der Waals surface area contributed by atoms with E-state index in [1.807, 2.05) is 11.4 Å². The molecule has 1 saturated heterocycles. The Bertz CT molecular complexity index is 1090. The number of benzene rings is 2. The van der Waals surface area contributed by atoms with Gasteiger partial charge in [0.1, 0.15) is 5.82 Å². The van der Waals surface area contributed by atoms with Gasteiger partial charge in [0, 0.05) is 29.4 Å². The number of carbonyl (C=O) groups excluding carboxylic acids is 2. The van der Waals surface area contributed by atoms with Crippen LogP contribution in [0.5, 0.6) is 0 Å². The Morgan fingerprint density at radius 3 is 2.29 bits per heavy atom. The van der Waals surface area contributed by atoms with Gasteiger partial charge in [0.2, 0.25) is 5.91 Å². The number of thiophene rings is 1. The maximum absolute atomic E-state index is 13.2. The van der Waals surface area contributed by atoms with E-state index in [2.05, 4.69) is 49.5 Å². The van der Waals surface area contributed by atoms with Crippen LogP contribution in [0.25, 0.3) is 0 Å². The fraction of sp³-hybridized carbons (Fsp3) is 0.357. The molecule has 2 amide bonds. The molecule has 0 radical (unpaired) electrons. The van der Waals surface area contributed by atoms with E-state index in [0.717, 1.165) is 16.9 Å². The van der Waals surface area contributed by atoms with Gasteiger partial charge in [-0.1, -0.05) is 44.2 Å². The van der Waals surface area contributed by atoms with Crippen LogP contribution < -0.4 is 5.32 Å². The van der Waals surface area contributed by atoms with E-state index in [-0.39, 0.29) is 29.6 Å². The molecule has 6 heteroatoms. The highest BCUT2D eigenvalue weighted by atomic mass is 32.1. The van der Waals surface area contributed by atoms with Crippen molar-refractivity contribution in [3.05, 3.63) is 93.4 Å². The molecule has 0 spiro atoms. The summed E-state index contributed by atoms with van der Waals surface area (Å²) in [6.07, 6.45) is 2.26. The van der Waals surface area contributed by atoms with E-state index in [1.54, 1.807) is 16.2 Å². The van der Waals surface area contributed by atoms with Crippen LogP contribution in [0.1, 0.15) is 59.1 Å². The third kappa shape index (κ3) is 5.92. The van der Waals surface area contributed by atoms with Crippen LogP contribution in [0.4, 0.5) is 4.39 Å². The molecule has 178 valence electrons. The van der Waals surface area contributed by atoms with Crippen LogP contribution in [-0.2, 0) is 11.2 Å². The van der Waals surface area contributed by atoms with Gasteiger partial charge in [-0.05, 0) is 72.0 Å². The van der Waals surface area contributed by atoms with E-state index in [1.165, 1.54) is 29.8 Å². The van der Waals surface area contributed by atoms with Crippen LogP contribution in [0.3, 0.4) is 0 Å². The minimum absolute atomic E-state index is 0.0264. The summed E-state index contributed by atoms with van der Waals surface area (Å²) >= 11 is 1.64. The number of likely N-dealkylation sites (tertiary alicyclic amines) is 1. The molecule has 1 aromatic heterocycles. The molecule has 2 aromatic carbocycles. The smallest absolute Gasteiger partial charge is 0.253 e. The number of nitrogens with one attached hydrogen (secondary N) is 1. The molecule has 3 aromatic rings. The van der Waals surface area contributed by atoms with Gasteiger partial charge in [0.25, 0.3) is 5.91 Å². The molecule has 1 atom stereocenters. The molecule has 0 bridgehead atoms. The Morgan fingerprint density at radius 1 is 1.03 bits per heavy atom. The normalized spacial score (nSPS) is 15.4. The Kier molecular flexibility index (Phi) is 7.78. The Hall–Kier alpha value is -2.99. The van der Waals surface area contributed by atoms with Crippen molar-refractivity contribution in [3.8, 4) is 0 Å². The largest absolute Gasteiger partial charge is 0.344 e. The zero-order valence-corrected chi connectivity index (χ0v) is 20.5. The fourth-order valence-electron chi connectivity index (χ4n) is 4.47. The first kappa shape index (κ1) is 24.1. The Balaban J connectivity index is 1.39. The molecule has 34 heavy (non-hydrogen) atoms. The zero-order chi connectivity index (χ0) is 24.1. The van der Waals surface area contributed by atoms with E-state index in [0.29, 0.717) is 37.4 Å². The summed E-state index contributed by atoms with van der Waals surface area (Å²) in [5.74, 6) is 0.0107. The van der Waals surface area contributed by atoms with Crippen molar-refractivity contribution in [3.63, 3.8) is 0 Å². The molecular formula is C28H31FN2O2S. The first-order chi connectivity index (χ1) is 16.4. The molecule has 1 aliphatic heterocycles. The molecular weight excluding hydrogens is 447 g/mol. The van der Waals surface area contributed by atoms with Crippen LogP contribution in [0, 0.1) is 17.7 Å². The number of carbonyl (C=O) groups is 2. The highest BCUT2D eigenvalue weighted by Crippen LogP contribution is 2.28. The quantitative estimate of drug-likeness (QED) is 0.464. The van der Waals surface area contributed by atoms with E-state index < -0.39 is 0 Å². The first-order valence-electron chi connectivity index (χ1n) is 11.9. The summed E-state index contributed by atoms with van der Waals surface area (Å²) in [6, 6.07) is 18.0. The summed E-state index contributed by atoms with van der Waals surface area (Å²) in [6.45, 7) is 5.45. The molecule has 4 rings (SSSR count). The van der Waals surface area contributed by atoms with Gasteiger partial charge in [0.15, 0.2) is 0 Å². The minimum atomic E-state index is -0.359. The monoisotopic (exact) mass is 478 g/mol. The SMILES string of the molecule is CC(C)Cc1ccc(C(NC(=O)C2CCN(C(=O)c3ccc(F)cc3)CC2)c2cccs2)cc1. The molecule has 1 aliphatic rings. The van der Waals surface area contributed by atoms with E-state index in [4.69, 9.17) is 0 Å². The van der Waals surface area contributed by atoms with Gasteiger partial charge < -0.3 is 10.2 Å². The van der Waals surface area contributed by atoms with Crippen molar-refractivity contribution >= 4 is 23.2 Å². The van der Waals surface area contributed by atoms with Crippen molar-refractivity contribution < 1.29 is 14.0 Å². The van der Waals surface area contributed by atoms with Crippen LogP contribution >= 0.6 is 11.3 Å². The van der Waals surface area contributed by atoms with Crippen LogP contribution in [0.15, 0.2) is 66.0 Å². The number of hydrogen-bond acceptors (Lipinski definition) is 3. The molecule has 0 saturated carbocycles. The standard InChI is InChI=1S/C28H31FN2O2S/c1-19(2)18-20-5-7-21(8-6-20)26(25-4-3-17-34-25)30-27(32)22-13-15-31(16-14-22)28(33)23-9-11-24(29)12-10-23/h3-12,17,19,22,26H,13-16,18H2,1-2H3,(H,30,32). The second-order valence-corrected chi connectivity index (χ2v) is 10.3. The number of amides is 2. The Morgan fingerprint density at radius 2 is 1.71 bits per heavy atom. The minimum Gasteiger partial charge on any atom is -0.344 e. The molecule has 4 nitrogen and oxygen atoms in total. The lowest BCUT2D eigenvalue weighted by Crippen LogP contribution is -2.43. The third-order valence-corrected chi connectivity index (χ3v) is 7.25. The second kappa shape index (κ2) is 11.0. The van der Waals surface area contributed by atoms with Gasteiger partial charge in [-0.25, -0.2) is 4.39 Å². The lowest BCUT2D eigenvalue weighted by molar-refractivity contribution is -0.126. The van der Waals surface area contributed by atoms with Crippen LogP contribution in [-0.4, -0.2) is 29.8 Å². The van der Waals surface area contributed by atoms with Gasteiger partial charge in [-0.2, -0.15) is 0 Å². The Labute approximate surface area is 204 Å². The predicted octanol–water partition coefficient (Wildman–Crippen LogP) is 5.84. The highest BCUT2D eigenvalue weighted by molar-refractivity contribution is 7.10. The summed E-state index contributed by atoms with van der Waals surface area (Å²) < 4.78 is 13.2. The topological polar surface area (TPSA) is 49.4 Å². The summed E-state index contributed by atoms with van der Waals surface area (Å²) in [7, 11) is 0. The van der Waals surface area contributed by atoms with Crippen molar-refractivity contribution in [2.24, 2.45) is 11.8 Å². The molecule has 1 N–H and O–H groups in total. The van der Waals surface area contributed by atoms with E-state index in [9.17, 15) is 14.0 Å². The number of halogens is 1. The third-order valence-electron chi connectivity index (χ3n) is 6.32. The lowest BCUT2D eigenvalue weighted by atomic mass is 9.94. The van der Waals surface area contributed by atoms with Crippen molar-refractivity contribution in [2.45, 2.75) is 39.2 Å². The lowest BCUT2D eigenvalue weighted by Gasteiger charge is -2.32. The van der Waals surface area contributed by atoms with Gasteiger partial charge in [-0.15, -0.1) is 11.3 Å². The first-order valence-corrected chi connectivity index (χ1v) is 12.8. The van der Waals surface area contributed by atoms with Crippen molar-refractivity contribution in [1.29, 1.82) is 0 Å². The zero-order valence-electron chi connectivity index (χ0n) is 19.7.